The molecule has 0 saturated carbocycles. The van der Waals surface area contributed by atoms with Crippen LogP contribution in [0.25, 0.3) is 5.57 Å². The van der Waals surface area contributed by atoms with Crippen LogP contribution in [-0.4, -0.2) is 23.8 Å². The van der Waals surface area contributed by atoms with E-state index in [1.54, 1.807) is 31.0 Å². The van der Waals surface area contributed by atoms with E-state index in [1.807, 2.05) is 12.1 Å². The Morgan fingerprint density at radius 2 is 1.70 bits per heavy atom. The minimum Gasteiger partial charge on any atom is -0.508 e. The number of hydrogen-bond acceptors (Lipinski definition) is 4. The Morgan fingerprint density at radius 3 is 2.27 bits per heavy atom. The van der Waals surface area contributed by atoms with Gasteiger partial charge in [-0.15, -0.1) is 11.8 Å². The van der Waals surface area contributed by atoms with Crippen molar-refractivity contribution in [3.05, 3.63) is 64.4 Å². The quantitative estimate of drug-likeness (QED) is 0.502. The number of Topliss-reactive ketones (excluding diaryl/α,β-unsaturated/α-hetero) is 1. The van der Waals surface area contributed by atoms with E-state index in [2.05, 4.69) is 32.9 Å². The molecular formula is C26H32O3S. The maximum Gasteiger partial charge on any atom is 0.167 e. The van der Waals surface area contributed by atoms with Gasteiger partial charge in [0.2, 0.25) is 0 Å². The lowest BCUT2D eigenvalue weighted by molar-refractivity contribution is -0.115. The SMILES string of the molecule is CCc1cc(C)cc(CC)c1C1=C(OC)CC(CCSc2ccc(O)cc2)CC1=O. The molecule has 1 unspecified atom stereocenters. The fourth-order valence-corrected chi connectivity index (χ4v) is 5.35. The fourth-order valence-electron chi connectivity index (χ4n) is 4.33. The summed E-state index contributed by atoms with van der Waals surface area (Å²) in [5.41, 5.74) is 5.66. The summed E-state index contributed by atoms with van der Waals surface area (Å²) in [5, 5.41) is 9.41. The van der Waals surface area contributed by atoms with E-state index in [9.17, 15) is 9.90 Å². The minimum atomic E-state index is 0.214. The average molecular weight is 425 g/mol. The molecule has 0 heterocycles. The topological polar surface area (TPSA) is 46.5 Å². The van der Waals surface area contributed by atoms with E-state index in [0.29, 0.717) is 12.3 Å². The van der Waals surface area contributed by atoms with E-state index < -0.39 is 0 Å². The molecule has 1 aliphatic carbocycles. The molecule has 1 atom stereocenters. The predicted molar refractivity (Wildman–Crippen MR) is 125 cm³/mol. The summed E-state index contributed by atoms with van der Waals surface area (Å²) in [7, 11) is 1.70. The molecule has 0 spiro atoms. The van der Waals surface area contributed by atoms with Crippen LogP contribution in [0.2, 0.25) is 0 Å². The lowest BCUT2D eigenvalue weighted by Gasteiger charge is -2.28. The largest absolute Gasteiger partial charge is 0.508 e. The average Bonchev–Trinajstić information content (AvgIpc) is 2.74. The van der Waals surface area contributed by atoms with E-state index in [-0.39, 0.29) is 11.5 Å². The van der Waals surface area contributed by atoms with Crippen LogP contribution >= 0.6 is 11.8 Å². The van der Waals surface area contributed by atoms with Crippen LogP contribution in [-0.2, 0) is 22.4 Å². The zero-order valence-corrected chi connectivity index (χ0v) is 19.3. The number of ketones is 1. The Kier molecular flexibility index (Phi) is 7.65. The molecule has 1 aliphatic rings. The van der Waals surface area contributed by atoms with Crippen molar-refractivity contribution in [1.29, 1.82) is 0 Å². The Labute approximate surface area is 184 Å². The summed E-state index contributed by atoms with van der Waals surface area (Å²) in [5.74, 6) is 2.60. The highest BCUT2D eigenvalue weighted by Crippen LogP contribution is 2.39. The molecule has 2 aromatic carbocycles. The number of methoxy groups -OCH3 is 1. The smallest absolute Gasteiger partial charge is 0.167 e. The van der Waals surface area contributed by atoms with Crippen molar-refractivity contribution in [3.63, 3.8) is 0 Å². The standard InChI is InChI=1S/C26H32O3S/c1-5-19-13-17(3)14-20(6-2)25(19)26-23(28)15-18(16-24(26)29-4)11-12-30-22-9-7-21(27)8-10-22/h7-10,13-14,18,27H,5-6,11-12,15-16H2,1-4H3. The number of rotatable bonds is 8. The zero-order chi connectivity index (χ0) is 21.7. The Morgan fingerprint density at radius 1 is 1.07 bits per heavy atom. The van der Waals surface area contributed by atoms with Crippen LogP contribution in [0.4, 0.5) is 0 Å². The highest BCUT2D eigenvalue weighted by atomic mass is 32.2. The molecule has 0 saturated heterocycles. The lowest BCUT2D eigenvalue weighted by atomic mass is 9.79. The van der Waals surface area contributed by atoms with Crippen LogP contribution in [0.1, 0.15) is 55.4 Å². The molecule has 0 amide bonds. The van der Waals surface area contributed by atoms with Gasteiger partial charge in [0, 0.05) is 17.7 Å². The van der Waals surface area contributed by atoms with Gasteiger partial charge in [0.15, 0.2) is 5.78 Å². The van der Waals surface area contributed by atoms with E-state index in [4.69, 9.17) is 4.74 Å². The summed E-state index contributed by atoms with van der Waals surface area (Å²) < 4.78 is 5.79. The summed E-state index contributed by atoms with van der Waals surface area (Å²) in [6.45, 7) is 6.43. The molecule has 0 aliphatic heterocycles. The van der Waals surface area contributed by atoms with Crippen molar-refractivity contribution in [2.75, 3.05) is 12.9 Å². The second-order valence-corrected chi connectivity index (χ2v) is 9.16. The van der Waals surface area contributed by atoms with Crippen molar-refractivity contribution in [2.45, 2.75) is 57.8 Å². The van der Waals surface area contributed by atoms with Crippen LogP contribution < -0.4 is 0 Å². The molecule has 0 aromatic heterocycles. The van der Waals surface area contributed by atoms with Crippen LogP contribution in [0, 0.1) is 12.8 Å². The van der Waals surface area contributed by atoms with Crippen molar-refractivity contribution in [3.8, 4) is 5.75 Å². The van der Waals surface area contributed by atoms with E-state index in [1.165, 1.54) is 16.7 Å². The van der Waals surface area contributed by atoms with Gasteiger partial charge in [-0.05, 0) is 78.8 Å². The fraction of sp³-hybridized carbons (Fsp3) is 0.423. The van der Waals surface area contributed by atoms with Crippen molar-refractivity contribution in [2.24, 2.45) is 5.92 Å². The van der Waals surface area contributed by atoms with Gasteiger partial charge in [-0.25, -0.2) is 0 Å². The van der Waals surface area contributed by atoms with Crippen molar-refractivity contribution in [1.82, 2.24) is 0 Å². The minimum absolute atomic E-state index is 0.214. The first-order valence-corrected chi connectivity index (χ1v) is 11.8. The monoisotopic (exact) mass is 424 g/mol. The number of phenolic OH excluding ortho intramolecular Hbond substituents is 1. The molecule has 0 radical (unpaired) electrons. The molecule has 1 N–H and O–H groups in total. The number of carbonyl (C=O) groups is 1. The van der Waals surface area contributed by atoms with Gasteiger partial charge in [-0.1, -0.05) is 31.5 Å². The third kappa shape index (κ3) is 5.10. The lowest BCUT2D eigenvalue weighted by Crippen LogP contribution is -2.21. The Bertz CT molecular complexity index is 903. The zero-order valence-electron chi connectivity index (χ0n) is 18.5. The Hall–Kier alpha value is -2.20. The van der Waals surface area contributed by atoms with Gasteiger partial charge >= 0.3 is 0 Å². The van der Waals surface area contributed by atoms with Gasteiger partial charge in [0.05, 0.1) is 12.7 Å². The first-order valence-electron chi connectivity index (χ1n) is 10.8. The molecular weight excluding hydrogens is 392 g/mol. The summed E-state index contributed by atoms with van der Waals surface area (Å²) in [4.78, 5) is 14.4. The molecule has 0 bridgehead atoms. The van der Waals surface area contributed by atoms with Gasteiger partial charge < -0.3 is 9.84 Å². The number of thioether (sulfide) groups is 1. The third-order valence-electron chi connectivity index (χ3n) is 5.84. The van der Waals surface area contributed by atoms with Crippen LogP contribution in [0.15, 0.2) is 47.1 Å². The Balaban J connectivity index is 1.80. The molecule has 3 rings (SSSR count). The highest BCUT2D eigenvalue weighted by molar-refractivity contribution is 7.99. The van der Waals surface area contributed by atoms with Crippen molar-refractivity contribution < 1.29 is 14.6 Å². The molecule has 30 heavy (non-hydrogen) atoms. The van der Waals surface area contributed by atoms with E-state index in [0.717, 1.165) is 53.2 Å². The number of benzene rings is 2. The molecule has 3 nitrogen and oxygen atoms in total. The first kappa shape index (κ1) is 22.5. The van der Waals surface area contributed by atoms with Gasteiger partial charge in [-0.3, -0.25) is 4.79 Å². The van der Waals surface area contributed by atoms with Gasteiger partial charge in [-0.2, -0.15) is 0 Å². The summed E-state index contributed by atoms with van der Waals surface area (Å²) >= 11 is 1.76. The number of ether oxygens (including phenoxy) is 1. The van der Waals surface area contributed by atoms with Crippen molar-refractivity contribution >= 4 is 23.1 Å². The number of allylic oxidation sites excluding steroid dienone is 2. The molecule has 2 aromatic rings. The van der Waals surface area contributed by atoms with Gasteiger partial charge in [0.1, 0.15) is 11.5 Å². The second kappa shape index (κ2) is 10.2. The highest BCUT2D eigenvalue weighted by Gasteiger charge is 2.31. The predicted octanol–water partition coefficient (Wildman–Crippen LogP) is 6.34. The summed E-state index contributed by atoms with van der Waals surface area (Å²) in [6, 6.07) is 11.7. The normalized spacial score (nSPS) is 16.8. The maximum absolute atomic E-state index is 13.3. The number of carbonyl (C=O) groups excluding carboxylic acids is 1. The van der Waals surface area contributed by atoms with E-state index >= 15 is 0 Å². The molecule has 4 heteroatoms. The number of phenols is 1. The van der Waals surface area contributed by atoms with Gasteiger partial charge in [0.25, 0.3) is 0 Å². The van der Waals surface area contributed by atoms with Crippen LogP contribution in [0.3, 0.4) is 0 Å². The third-order valence-corrected chi connectivity index (χ3v) is 6.89. The first-order chi connectivity index (χ1) is 14.5. The second-order valence-electron chi connectivity index (χ2n) is 8.00. The number of aryl methyl sites for hydroxylation is 3. The molecule has 0 fully saturated rings. The maximum atomic E-state index is 13.3. The number of hydrogen-bond donors (Lipinski definition) is 1. The number of aromatic hydroxyl groups is 1. The summed E-state index contributed by atoms with van der Waals surface area (Å²) in [6.07, 6.45) is 4.17. The molecule has 160 valence electrons. The van der Waals surface area contributed by atoms with Crippen LogP contribution in [0.5, 0.6) is 5.75 Å².